The fourth-order valence-electron chi connectivity index (χ4n) is 2.10. The quantitative estimate of drug-likeness (QED) is 0.825. The second kappa shape index (κ2) is 4.72. The van der Waals surface area contributed by atoms with Crippen LogP contribution in [0.4, 0.5) is 5.69 Å². The van der Waals surface area contributed by atoms with Gasteiger partial charge in [-0.25, -0.2) is 0 Å². The number of benzene rings is 1. The smallest absolute Gasteiger partial charge is 0.121 e. The van der Waals surface area contributed by atoms with Gasteiger partial charge in [0.2, 0.25) is 0 Å². The van der Waals surface area contributed by atoms with E-state index >= 15 is 0 Å². The predicted octanol–water partition coefficient (Wildman–Crippen LogP) is 4.00. The molecule has 2 nitrogen and oxygen atoms in total. The molecule has 2 rings (SSSR count). The largest absolute Gasteiger partial charge is 0.508 e. The van der Waals surface area contributed by atoms with Crippen molar-refractivity contribution < 1.29 is 5.11 Å². The molecule has 0 radical (unpaired) electrons. The Morgan fingerprint density at radius 1 is 1.19 bits per heavy atom. The molecule has 0 bridgehead atoms. The van der Waals surface area contributed by atoms with Crippen molar-refractivity contribution in [3.05, 3.63) is 21.7 Å². The Morgan fingerprint density at radius 2 is 1.81 bits per heavy atom. The van der Waals surface area contributed by atoms with E-state index in [4.69, 9.17) is 23.2 Å². The zero-order valence-electron chi connectivity index (χ0n) is 9.26. The third-order valence-corrected chi connectivity index (χ3v) is 3.83. The van der Waals surface area contributed by atoms with Crippen LogP contribution in [0.15, 0.2) is 6.07 Å². The SMILES string of the molecule is Cc1c(O)cc(Cl)c(N2CCCCC2)c1Cl. The van der Waals surface area contributed by atoms with Gasteiger partial charge < -0.3 is 10.0 Å². The topological polar surface area (TPSA) is 23.5 Å². The van der Waals surface area contributed by atoms with E-state index in [2.05, 4.69) is 4.90 Å². The van der Waals surface area contributed by atoms with Crippen molar-refractivity contribution in [3.63, 3.8) is 0 Å². The predicted molar refractivity (Wildman–Crippen MR) is 68.9 cm³/mol. The Kier molecular flexibility index (Phi) is 3.50. The van der Waals surface area contributed by atoms with Gasteiger partial charge in [-0.05, 0) is 26.2 Å². The lowest BCUT2D eigenvalue weighted by atomic mass is 10.1. The molecular weight excluding hydrogens is 245 g/mol. The van der Waals surface area contributed by atoms with Gasteiger partial charge in [0.15, 0.2) is 0 Å². The summed E-state index contributed by atoms with van der Waals surface area (Å²) in [6.45, 7) is 3.79. The van der Waals surface area contributed by atoms with Gasteiger partial charge in [0.1, 0.15) is 5.75 Å². The van der Waals surface area contributed by atoms with Crippen molar-refractivity contribution in [2.24, 2.45) is 0 Å². The van der Waals surface area contributed by atoms with Gasteiger partial charge in [0.25, 0.3) is 0 Å². The first kappa shape index (κ1) is 11.9. The third-order valence-electron chi connectivity index (χ3n) is 3.08. The Morgan fingerprint density at radius 3 is 2.44 bits per heavy atom. The van der Waals surface area contributed by atoms with Gasteiger partial charge in [-0.15, -0.1) is 0 Å². The van der Waals surface area contributed by atoms with Crippen molar-refractivity contribution in [1.82, 2.24) is 0 Å². The van der Waals surface area contributed by atoms with Crippen LogP contribution < -0.4 is 4.90 Å². The van der Waals surface area contributed by atoms with Crippen LogP contribution in [0.25, 0.3) is 0 Å². The van der Waals surface area contributed by atoms with Crippen molar-refractivity contribution in [1.29, 1.82) is 0 Å². The van der Waals surface area contributed by atoms with Gasteiger partial charge >= 0.3 is 0 Å². The number of phenolic OH excluding ortho intramolecular Hbond substituents is 1. The maximum absolute atomic E-state index is 9.62. The number of nitrogens with zero attached hydrogens (tertiary/aromatic N) is 1. The summed E-state index contributed by atoms with van der Waals surface area (Å²) < 4.78 is 0. The van der Waals surface area contributed by atoms with E-state index in [1.807, 2.05) is 0 Å². The Labute approximate surface area is 106 Å². The third kappa shape index (κ3) is 2.09. The molecule has 1 aliphatic rings. The van der Waals surface area contributed by atoms with Crippen molar-refractivity contribution in [3.8, 4) is 5.75 Å². The molecule has 1 aromatic rings. The first-order valence-electron chi connectivity index (χ1n) is 5.53. The molecule has 1 N–H and O–H groups in total. The lowest BCUT2D eigenvalue weighted by Crippen LogP contribution is -2.30. The van der Waals surface area contributed by atoms with Crippen LogP contribution in [0.5, 0.6) is 5.75 Å². The average molecular weight is 260 g/mol. The fourth-order valence-corrected chi connectivity index (χ4v) is 2.78. The van der Waals surface area contributed by atoms with Crippen LogP contribution in [0.1, 0.15) is 24.8 Å². The lowest BCUT2D eigenvalue weighted by molar-refractivity contribution is 0.471. The molecule has 16 heavy (non-hydrogen) atoms. The minimum Gasteiger partial charge on any atom is -0.508 e. The highest BCUT2D eigenvalue weighted by Crippen LogP contribution is 2.41. The molecule has 0 aliphatic carbocycles. The van der Waals surface area contributed by atoms with Gasteiger partial charge in [-0.3, -0.25) is 0 Å². The van der Waals surface area contributed by atoms with E-state index in [0.29, 0.717) is 15.6 Å². The Hall–Kier alpha value is -0.600. The molecule has 0 unspecified atom stereocenters. The van der Waals surface area contributed by atoms with Crippen LogP contribution in [0, 0.1) is 6.92 Å². The number of hydrogen-bond acceptors (Lipinski definition) is 2. The summed E-state index contributed by atoms with van der Waals surface area (Å²) in [7, 11) is 0. The second-order valence-electron chi connectivity index (χ2n) is 4.21. The highest BCUT2D eigenvalue weighted by Gasteiger charge is 2.20. The van der Waals surface area contributed by atoms with Crippen molar-refractivity contribution in [2.75, 3.05) is 18.0 Å². The number of hydrogen-bond donors (Lipinski definition) is 1. The average Bonchev–Trinajstić information content (AvgIpc) is 2.28. The molecule has 1 saturated heterocycles. The van der Waals surface area contributed by atoms with Gasteiger partial charge in [-0.1, -0.05) is 23.2 Å². The first-order valence-corrected chi connectivity index (χ1v) is 6.29. The summed E-state index contributed by atoms with van der Waals surface area (Å²) in [6, 6.07) is 1.58. The number of halogens is 2. The summed E-state index contributed by atoms with van der Waals surface area (Å²) in [5, 5.41) is 10.7. The normalized spacial score (nSPS) is 16.6. The molecule has 0 spiro atoms. The van der Waals surface area contributed by atoms with Crippen molar-refractivity contribution >= 4 is 28.9 Å². The van der Waals surface area contributed by atoms with Gasteiger partial charge in [0.05, 0.1) is 15.7 Å². The molecule has 1 heterocycles. The number of anilines is 1. The summed E-state index contributed by atoms with van der Waals surface area (Å²) in [6.07, 6.45) is 3.61. The van der Waals surface area contributed by atoms with Crippen LogP contribution in [-0.4, -0.2) is 18.2 Å². The minimum atomic E-state index is 0.163. The van der Waals surface area contributed by atoms with E-state index in [-0.39, 0.29) is 5.75 Å². The summed E-state index contributed by atoms with van der Waals surface area (Å²) in [5.74, 6) is 0.163. The van der Waals surface area contributed by atoms with Crippen LogP contribution in [-0.2, 0) is 0 Å². The molecule has 4 heteroatoms. The van der Waals surface area contributed by atoms with E-state index < -0.39 is 0 Å². The number of phenols is 1. The lowest BCUT2D eigenvalue weighted by Gasteiger charge is -2.30. The molecule has 88 valence electrons. The van der Waals surface area contributed by atoms with E-state index in [1.165, 1.54) is 19.3 Å². The van der Waals surface area contributed by atoms with Crippen LogP contribution >= 0.6 is 23.2 Å². The number of aromatic hydroxyl groups is 1. The molecule has 1 fully saturated rings. The zero-order chi connectivity index (χ0) is 11.7. The summed E-state index contributed by atoms with van der Waals surface area (Å²) in [5.41, 5.74) is 1.57. The van der Waals surface area contributed by atoms with Gasteiger partial charge in [0, 0.05) is 24.7 Å². The maximum atomic E-state index is 9.62. The molecule has 0 aromatic heterocycles. The Balaban J connectivity index is 2.42. The van der Waals surface area contributed by atoms with Crippen LogP contribution in [0.2, 0.25) is 10.0 Å². The zero-order valence-corrected chi connectivity index (χ0v) is 10.8. The number of piperidine rings is 1. The van der Waals surface area contributed by atoms with E-state index in [9.17, 15) is 5.11 Å². The molecular formula is C12H15Cl2NO. The molecule has 0 saturated carbocycles. The summed E-state index contributed by atoms with van der Waals surface area (Å²) in [4.78, 5) is 2.21. The maximum Gasteiger partial charge on any atom is 0.121 e. The number of rotatable bonds is 1. The van der Waals surface area contributed by atoms with Crippen LogP contribution in [0.3, 0.4) is 0 Å². The van der Waals surface area contributed by atoms with Crippen molar-refractivity contribution in [2.45, 2.75) is 26.2 Å². The molecule has 1 aliphatic heterocycles. The molecule has 0 amide bonds. The second-order valence-corrected chi connectivity index (χ2v) is 5.00. The fraction of sp³-hybridized carbons (Fsp3) is 0.500. The standard InChI is InChI=1S/C12H15Cl2NO/c1-8-10(16)7-9(13)12(11(8)14)15-5-3-2-4-6-15/h7,16H,2-6H2,1H3. The monoisotopic (exact) mass is 259 g/mol. The molecule has 0 atom stereocenters. The van der Waals surface area contributed by atoms with Gasteiger partial charge in [-0.2, -0.15) is 0 Å². The summed E-state index contributed by atoms with van der Waals surface area (Å²) >= 11 is 12.4. The first-order chi connectivity index (χ1) is 7.61. The van der Waals surface area contributed by atoms with E-state index in [1.54, 1.807) is 13.0 Å². The minimum absolute atomic E-state index is 0.163. The highest BCUT2D eigenvalue weighted by molar-refractivity contribution is 6.40. The highest BCUT2D eigenvalue weighted by atomic mass is 35.5. The Bertz CT molecular complexity index is 400. The molecule has 1 aromatic carbocycles. The van der Waals surface area contributed by atoms with E-state index in [0.717, 1.165) is 18.8 Å².